The Kier molecular flexibility index (Phi) is 3.28. The number of hydrogen-bond donors (Lipinski definition) is 1. The van der Waals surface area contributed by atoms with Crippen LogP contribution in [0.5, 0.6) is 0 Å². The number of rotatable bonds is 1. The van der Waals surface area contributed by atoms with Crippen LogP contribution in [0.15, 0.2) is 24.4 Å². The Morgan fingerprint density at radius 2 is 1.79 bits per heavy atom. The van der Waals surface area contributed by atoms with E-state index in [2.05, 4.69) is 22.9 Å². The van der Waals surface area contributed by atoms with Crippen molar-refractivity contribution in [2.24, 2.45) is 0 Å². The summed E-state index contributed by atoms with van der Waals surface area (Å²) in [5, 5.41) is 2.32. The van der Waals surface area contributed by atoms with E-state index in [1.54, 1.807) is 0 Å². The number of hydrogen-bond acceptors (Lipinski definition) is 3. The van der Waals surface area contributed by atoms with E-state index in [0.717, 1.165) is 30.0 Å². The van der Waals surface area contributed by atoms with E-state index in [1.807, 2.05) is 18.3 Å². The second-order valence-electron chi connectivity index (χ2n) is 5.49. The lowest BCUT2D eigenvalue weighted by molar-refractivity contribution is 0.726. The van der Waals surface area contributed by atoms with E-state index in [1.165, 1.54) is 36.6 Å². The maximum atomic E-state index is 6.14. The van der Waals surface area contributed by atoms with Crippen LogP contribution in [0.1, 0.15) is 31.2 Å². The van der Waals surface area contributed by atoms with Gasteiger partial charge in [-0.05, 0) is 43.5 Å². The van der Waals surface area contributed by atoms with Crippen molar-refractivity contribution in [1.82, 2.24) is 4.98 Å². The Morgan fingerprint density at radius 1 is 1.05 bits per heavy atom. The normalized spacial score (nSPS) is 16.6. The van der Waals surface area contributed by atoms with Crippen LogP contribution < -0.4 is 10.6 Å². The topological polar surface area (TPSA) is 42.1 Å². The maximum Gasteiger partial charge on any atom is 0.136 e. The van der Waals surface area contributed by atoms with Crippen molar-refractivity contribution in [3.63, 3.8) is 0 Å². The van der Waals surface area contributed by atoms with Crippen molar-refractivity contribution in [3.8, 4) is 0 Å². The molecule has 1 fully saturated rings. The van der Waals surface area contributed by atoms with E-state index in [-0.39, 0.29) is 0 Å². The summed E-state index contributed by atoms with van der Waals surface area (Å²) in [4.78, 5) is 7.05. The van der Waals surface area contributed by atoms with Gasteiger partial charge in [-0.15, -0.1) is 0 Å². The molecule has 0 atom stereocenters. The van der Waals surface area contributed by atoms with Crippen molar-refractivity contribution >= 4 is 22.3 Å². The largest absolute Gasteiger partial charge is 0.398 e. The third kappa shape index (κ3) is 2.37. The molecule has 0 bridgehead atoms. The average molecular weight is 255 g/mol. The standard InChI is InChI=1S/C16H21N3/c1-12-10-14-13(15(17)11-12)6-7-18-16(14)19-8-4-2-3-5-9-19/h6-7,10-11H,2-5,8-9,17H2,1H3. The summed E-state index contributed by atoms with van der Waals surface area (Å²) in [6.45, 7) is 4.31. The van der Waals surface area contributed by atoms with Gasteiger partial charge in [0.15, 0.2) is 0 Å². The molecule has 0 unspecified atom stereocenters. The second-order valence-corrected chi connectivity index (χ2v) is 5.49. The molecule has 3 heteroatoms. The average Bonchev–Trinajstić information content (AvgIpc) is 2.67. The lowest BCUT2D eigenvalue weighted by Gasteiger charge is -2.23. The van der Waals surface area contributed by atoms with Crippen molar-refractivity contribution in [3.05, 3.63) is 30.0 Å². The molecule has 0 spiro atoms. The Labute approximate surface area is 114 Å². The van der Waals surface area contributed by atoms with Crippen LogP contribution in [0.3, 0.4) is 0 Å². The van der Waals surface area contributed by atoms with E-state index < -0.39 is 0 Å². The highest BCUT2D eigenvalue weighted by Crippen LogP contribution is 2.30. The van der Waals surface area contributed by atoms with Crippen LogP contribution in [0, 0.1) is 6.92 Å². The predicted molar refractivity (Wildman–Crippen MR) is 81.6 cm³/mol. The second kappa shape index (κ2) is 5.08. The van der Waals surface area contributed by atoms with Crippen molar-refractivity contribution < 1.29 is 0 Å². The molecule has 2 aromatic rings. The third-order valence-corrected chi connectivity index (χ3v) is 3.94. The number of benzene rings is 1. The van der Waals surface area contributed by atoms with Crippen LogP contribution in [-0.2, 0) is 0 Å². The minimum atomic E-state index is 0.855. The minimum Gasteiger partial charge on any atom is -0.398 e. The lowest BCUT2D eigenvalue weighted by Crippen LogP contribution is -2.25. The molecule has 0 aliphatic carbocycles. The van der Waals surface area contributed by atoms with Crippen molar-refractivity contribution in [2.75, 3.05) is 23.7 Å². The van der Waals surface area contributed by atoms with Gasteiger partial charge in [-0.2, -0.15) is 0 Å². The highest BCUT2D eigenvalue weighted by atomic mass is 15.2. The number of fused-ring (bicyclic) bond motifs is 1. The van der Waals surface area contributed by atoms with Crippen LogP contribution in [-0.4, -0.2) is 18.1 Å². The first-order chi connectivity index (χ1) is 9.25. The third-order valence-electron chi connectivity index (χ3n) is 3.94. The van der Waals surface area contributed by atoms with Crippen LogP contribution in [0.25, 0.3) is 10.8 Å². The van der Waals surface area contributed by atoms with Gasteiger partial charge in [0, 0.05) is 35.7 Å². The molecule has 2 heterocycles. The van der Waals surface area contributed by atoms with Gasteiger partial charge in [0.25, 0.3) is 0 Å². The van der Waals surface area contributed by atoms with Crippen LogP contribution in [0.2, 0.25) is 0 Å². The van der Waals surface area contributed by atoms with Gasteiger partial charge in [-0.1, -0.05) is 12.8 Å². The van der Waals surface area contributed by atoms with Crippen molar-refractivity contribution in [1.29, 1.82) is 0 Å². The van der Waals surface area contributed by atoms with Gasteiger partial charge in [0.2, 0.25) is 0 Å². The molecule has 1 aliphatic heterocycles. The first-order valence-electron chi connectivity index (χ1n) is 7.15. The molecule has 2 N–H and O–H groups in total. The molecule has 3 rings (SSSR count). The summed E-state index contributed by atoms with van der Waals surface area (Å²) in [5.41, 5.74) is 8.20. The zero-order valence-corrected chi connectivity index (χ0v) is 11.5. The summed E-state index contributed by atoms with van der Waals surface area (Å²) in [7, 11) is 0. The van der Waals surface area contributed by atoms with Gasteiger partial charge in [-0.3, -0.25) is 0 Å². The molecule has 100 valence electrons. The van der Waals surface area contributed by atoms with E-state index in [4.69, 9.17) is 5.73 Å². The van der Waals surface area contributed by atoms with Gasteiger partial charge in [0.05, 0.1) is 0 Å². The van der Waals surface area contributed by atoms with E-state index in [9.17, 15) is 0 Å². The number of nitrogens with two attached hydrogens (primary N) is 1. The SMILES string of the molecule is Cc1cc(N)c2ccnc(N3CCCCCC3)c2c1. The molecule has 0 amide bonds. The molecule has 1 aromatic heterocycles. The molecule has 1 saturated heterocycles. The molecule has 19 heavy (non-hydrogen) atoms. The molecule has 3 nitrogen and oxygen atoms in total. The monoisotopic (exact) mass is 255 g/mol. The summed E-state index contributed by atoms with van der Waals surface area (Å²) in [5.74, 6) is 1.11. The number of aromatic nitrogens is 1. The lowest BCUT2D eigenvalue weighted by atomic mass is 10.1. The zero-order chi connectivity index (χ0) is 13.2. The Balaban J connectivity index is 2.12. The fourth-order valence-corrected chi connectivity index (χ4v) is 2.98. The summed E-state index contributed by atoms with van der Waals surface area (Å²) >= 11 is 0. The molecular formula is C16H21N3. The highest BCUT2D eigenvalue weighted by Gasteiger charge is 2.14. The summed E-state index contributed by atoms with van der Waals surface area (Å²) in [6, 6.07) is 6.26. The number of aryl methyl sites for hydroxylation is 1. The van der Waals surface area contributed by atoms with Gasteiger partial charge < -0.3 is 10.6 Å². The fraction of sp³-hybridized carbons (Fsp3) is 0.438. The Bertz CT molecular complexity index is 584. The number of nitrogens with zero attached hydrogens (tertiary/aromatic N) is 2. The predicted octanol–water partition coefficient (Wildman–Crippen LogP) is 3.51. The Hall–Kier alpha value is -1.77. The molecule has 0 saturated carbocycles. The Morgan fingerprint density at radius 3 is 2.53 bits per heavy atom. The number of anilines is 2. The first-order valence-corrected chi connectivity index (χ1v) is 7.15. The summed E-state index contributed by atoms with van der Waals surface area (Å²) < 4.78 is 0. The molecular weight excluding hydrogens is 234 g/mol. The smallest absolute Gasteiger partial charge is 0.136 e. The fourth-order valence-electron chi connectivity index (χ4n) is 2.98. The van der Waals surface area contributed by atoms with Crippen LogP contribution >= 0.6 is 0 Å². The van der Waals surface area contributed by atoms with E-state index in [0.29, 0.717) is 0 Å². The molecule has 0 radical (unpaired) electrons. The molecule has 1 aliphatic rings. The highest BCUT2D eigenvalue weighted by molar-refractivity contribution is 6.00. The minimum absolute atomic E-state index is 0.855. The van der Waals surface area contributed by atoms with Crippen molar-refractivity contribution in [2.45, 2.75) is 32.6 Å². The quantitative estimate of drug-likeness (QED) is 0.793. The first kappa shape index (κ1) is 12.3. The summed E-state index contributed by atoms with van der Waals surface area (Å²) in [6.07, 6.45) is 7.08. The van der Waals surface area contributed by atoms with Gasteiger partial charge >= 0.3 is 0 Å². The van der Waals surface area contributed by atoms with Gasteiger partial charge in [-0.25, -0.2) is 4.98 Å². The molecule has 1 aromatic carbocycles. The zero-order valence-electron chi connectivity index (χ0n) is 11.5. The van der Waals surface area contributed by atoms with E-state index >= 15 is 0 Å². The van der Waals surface area contributed by atoms with Crippen LogP contribution in [0.4, 0.5) is 11.5 Å². The maximum absolute atomic E-state index is 6.14. The van der Waals surface area contributed by atoms with Gasteiger partial charge in [0.1, 0.15) is 5.82 Å². The number of pyridine rings is 1. The number of nitrogen functional groups attached to an aromatic ring is 1.